The van der Waals surface area contributed by atoms with Crippen LogP contribution in [-0.4, -0.2) is 11.1 Å². The summed E-state index contributed by atoms with van der Waals surface area (Å²) in [5.74, 6) is -0.662. The van der Waals surface area contributed by atoms with Gasteiger partial charge in [-0.2, -0.15) is 29.8 Å². The van der Waals surface area contributed by atoms with Crippen molar-refractivity contribution in [3.63, 3.8) is 0 Å². The molecule has 0 aliphatic heterocycles. The smallest absolute Gasteiger partial charge is 0.245 e. The van der Waals surface area contributed by atoms with Crippen molar-refractivity contribution >= 4 is 5.91 Å². The van der Waals surface area contributed by atoms with E-state index in [4.69, 9.17) is 6.62 Å². The number of amides is 1. The third-order valence-electron chi connectivity index (χ3n) is 1.62. The van der Waals surface area contributed by atoms with Crippen LogP contribution < -0.4 is 5.47 Å². The second-order valence-electron chi connectivity index (χ2n) is 2.50. The van der Waals surface area contributed by atoms with Gasteiger partial charge in [0.25, 0.3) is 0 Å². The van der Waals surface area contributed by atoms with Crippen LogP contribution in [0.25, 0.3) is 0 Å². The molecule has 0 spiro atoms. The van der Waals surface area contributed by atoms with Crippen molar-refractivity contribution in [3.8, 4) is 0 Å². The summed E-state index contributed by atoms with van der Waals surface area (Å²) in [6, 6.07) is 8.25. The van der Waals surface area contributed by atoms with E-state index < -0.39 is 5.91 Å². The van der Waals surface area contributed by atoms with Gasteiger partial charge in [0, 0.05) is 60.2 Å². The summed E-state index contributed by atoms with van der Waals surface area (Å²) in [6.07, 6.45) is 0.00662. The van der Waals surface area contributed by atoms with E-state index in [0.717, 1.165) is 5.56 Å². The van der Waals surface area contributed by atoms with Crippen LogP contribution in [0.5, 0.6) is 0 Å². The Bertz CT molecular complexity index is 325. The largest absolute Gasteiger partial charge is 0.358 e. The molecule has 3 nitrogen and oxygen atoms in total. The van der Waals surface area contributed by atoms with Gasteiger partial charge < -0.3 is 7.43 Å². The first kappa shape index (κ1) is 22.6. The average Bonchev–Trinajstić information content (AvgIpc) is 2.24. The van der Waals surface area contributed by atoms with Crippen molar-refractivity contribution in [2.75, 3.05) is 0 Å². The van der Waals surface area contributed by atoms with Crippen LogP contribution >= 0.6 is 0 Å². The van der Waals surface area contributed by atoms with Crippen LogP contribution in [0.1, 0.15) is 25.0 Å². The topological polar surface area (TPSA) is 49.3 Å². The molecule has 1 rings (SSSR count). The summed E-state index contributed by atoms with van der Waals surface area (Å²) in [7, 11) is 0. The Morgan fingerprint density at radius 1 is 1.59 bits per heavy atom. The van der Waals surface area contributed by atoms with Crippen molar-refractivity contribution in [2.24, 2.45) is 0 Å². The molecule has 1 radical (unpaired) electrons. The molecule has 0 aliphatic carbocycles. The van der Waals surface area contributed by atoms with Crippen LogP contribution in [0.4, 0.5) is 0 Å². The van der Waals surface area contributed by atoms with Crippen LogP contribution in [0.15, 0.2) is 18.2 Å². The van der Waals surface area contributed by atoms with Gasteiger partial charge in [-0.25, -0.2) is 5.47 Å². The normalized spacial score (nSPS) is 7.88. The SMILES string of the molecule is CC.[2H]N(O)C(=O)Cc1[c-]cccc1C.[CH3-].[W].[Y]. The number of hydrogen-bond acceptors (Lipinski definition) is 2. The van der Waals surface area contributed by atoms with Gasteiger partial charge in [-0.1, -0.05) is 20.8 Å². The molecule has 95 valence electrons. The van der Waals surface area contributed by atoms with Crippen molar-refractivity contribution in [1.29, 1.82) is 0 Å². The molecule has 0 atom stereocenters. The number of nitrogens with one attached hydrogen (secondary N) is 1. The first-order valence-electron chi connectivity index (χ1n) is 5.03. The maximum Gasteiger partial charge on any atom is 0.245 e. The van der Waals surface area contributed by atoms with Crippen LogP contribution in [-0.2, 0) is 65.0 Å². The minimum atomic E-state index is -0.662. The van der Waals surface area contributed by atoms with Crippen LogP contribution in [0.2, 0.25) is 1.41 Å². The van der Waals surface area contributed by atoms with E-state index in [1.807, 2.05) is 32.9 Å². The number of hydroxylamine groups is 1. The molecule has 1 aromatic rings. The maximum absolute atomic E-state index is 10.9. The number of rotatable bonds is 2. The van der Waals surface area contributed by atoms with Gasteiger partial charge in [-0.05, 0) is 0 Å². The monoisotopic (exact) mass is 483 g/mol. The molecule has 0 saturated carbocycles. The molecule has 0 unspecified atom stereocenters. The minimum absolute atomic E-state index is 0. The fourth-order valence-corrected chi connectivity index (χ4v) is 0.933. The fraction of sp³-hybridized carbons (Fsp3) is 0.333. The molecule has 1 aromatic carbocycles. The van der Waals surface area contributed by atoms with Gasteiger partial charge in [-0.15, -0.1) is 5.56 Å². The number of hydrogen-bond donors (Lipinski definition) is 2. The molecule has 0 bridgehead atoms. The zero-order chi connectivity index (χ0) is 11.8. The molecule has 1 amide bonds. The quantitative estimate of drug-likeness (QED) is 0.386. The Kier molecular flexibility index (Phi) is 21.9. The molecule has 0 fully saturated rings. The van der Waals surface area contributed by atoms with Crippen molar-refractivity contribution in [3.05, 3.63) is 42.8 Å². The third kappa shape index (κ3) is 11.3. The number of aryl methyl sites for hydroxylation is 1. The van der Waals surface area contributed by atoms with E-state index >= 15 is 0 Å². The van der Waals surface area contributed by atoms with Crippen molar-refractivity contribution in [1.82, 2.24) is 5.47 Å². The summed E-state index contributed by atoms with van der Waals surface area (Å²) in [5.41, 5.74) is 1.48. The van der Waals surface area contributed by atoms with E-state index in [0.29, 0.717) is 5.56 Å². The minimum Gasteiger partial charge on any atom is -0.358 e. The molecule has 0 saturated heterocycles. The number of carbonyl (C=O) groups excluding carboxylic acids is 1. The summed E-state index contributed by atoms with van der Waals surface area (Å²) < 4.78 is 6.63. The van der Waals surface area contributed by atoms with E-state index in [2.05, 4.69) is 6.07 Å². The Balaban J connectivity index is -0.000000186. The first-order valence-corrected chi connectivity index (χ1v) is 4.58. The molecular formula is C12H19NO2WY-2. The third-order valence-corrected chi connectivity index (χ3v) is 1.62. The Labute approximate surface area is 145 Å². The standard InChI is InChI=1S/C9H10NO2.C2H6.CH3.W.Y/c1-7-4-2-3-5-8(7)6-9(11)10-12;1-2;;;/h2-4,12H,6H2,1H3,(H,10,11);1-2H3;1H3;;/q-1;;-1;;/i/hD. The van der Waals surface area contributed by atoms with Gasteiger partial charge in [0.2, 0.25) is 5.91 Å². The average molecular weight is 483 g/mol. The van der Waals surface area contributed by atoms with E-state index in [9.17, 15) is 4.79 Å². The predicted molar refractivity (Wildman–Crippen MR) is 61.4 cm³/mol. The Hall–Kier alpha value is 0.442. The van der Waals surface area contributed by atoms with Crippen molar-refractivity contribution in [2.45, 2.75) is 27.2 Å². The van der Waals surface area contributed by atoms with Gasteiger partial charge in [0.05, 0.1) is 0 Å². The Morgan fingerprint density at radius 2 is 2.12 bits per heavy atom. The molecule has 17 heavy (non-hydrogen) atoms. The first-order chi connectivity index (χ1) is 7.11. The van der Waals surface area contributed by atoms with Crippen LogP contribution in [0, 0.1) is 20.4 Å². The van der Waals surface area contributed by atoms with Gasteiger partial charge in [0.15, 0.2) is 1.41 Å². The predicted octanol–water partition coefficient (Wildman–Crippen LogP) is 2.31. The summed E-state index contributed by atoms with van der Waals surface area (Å²) >= 11 is 0. The fourth-order valence-electron chi connectivity index (χ4n) is 0.933. The van der Waals surface area contributed by atoms with Crippen molar-refractivity contribution < 1.29 is 65.2 Å². The van der Waals surface area contributed by atoms with E-state index in [-0.39, 0.29) is 73.1 Å². The van der Waals surface area contributed by atoms with Gasteiger partial charge >= 0.3 is 0 Å². The number of carbonyl (C=O) groups is 1. The van der Waals surface area contributed by atoms with Gasteiger partial charge in [0.1, 0.15) is 0 Å². The summed E-state index contributed by atoms with van der Waals surface area (Å²) in [5, 5.41) is 8.51. The zero-order valence-corrected chi connectivity index (χ0v) is 16.5. The molecular weight excluding hydrogens is 463 g/mol. The molecule has 0 heterocycles. The summed E-state index contributed by atoms with van der Waals surface area (Å²) in [6.45, 7) is 5.85. The molecule has 2 N–H and O–H groups in total. The molecule has 5 heteroatoms. The van der Waals surface area contributed by atoms with E-state index in [1.54, 1.807) is 6.07 Å². The van der Waals surface area contributed by atoms with Crippen LogP contribution in [0.3, 0.4) is 0 Å². The number of benzene rings is 1. The second-order valence-corrected chi connectivity index (χ2v) is 2.50. The Morgan fingerprint density at radius 3 is 2.53 bits per heavy atom. The summed E-state index contributed by atoms with van der Waals surface area (Å²) in [4.78, 5) is 10.9. The zero-order valence-electron chi connectivity index (χ0n) is 11.7. The second kappa shape index (κ2) is 16.4. The van der Waals surface area contributed by atoms with Gasteiger partial charge in [-0.3, -0.25) is 10.0 Å². The molecule has 0 aliphatic rings. The van der Waals surface area contributed by atoms with E-state index in [1.165, 1.54) is 0 Å². The maximum atomic E-state index is 10.9. The molecule has 0 aromatic heterocycles.